The second-order valence-electron chi connectivity index (χ2n) is 6.51. The Balaban J connectivity index is 1.94. The zero-order chi connectivity index (χ0) is 17.7. The summed E-state index contributed by atoms with van der Waals surface area (Å²) in [6.45, 7) is 4.67. The van der Waals surface area contributed by atoms with Crippen molar-refractivity contribution in [1.29, 1.82) is 0 Å². The van der Waals surface area contributed by atoms with Crippen LogP contribution in [0.25, 0.3) is 0 Å². The fourth-order valence-electron chi connectivity index (χ4n) is 2.99. The molecular formula is C17H26F3N3O. The third-order valence-electron chi connectivity index (χ3n) is 4.37. The second kappa shape index (κ2) is 8.03. The van der Waals surface area contributed by atoms with Gasteiger partial charge in [0.2, 0.25) is 5.91 Å². The summed E-state index contributed by atoms with van der Waals surface area (Å²) in [6.07, 6.45) is 0.955. The van der Waals surface area contributed by atoms with Crippen molar-refractivity contribution in [2.45, 2.75) is 71.0 Å². The van der Waals surface area contributed by atoms with Crippen molar-refractivity contribution in [1.82, 2.24) is 15.1 Å². The minimum atomic E-state index is -4.43. The lowest BCUT2D eigenvalue weighted by atomic mass is 9.97. The van der Waals surface area contributed by atoms with E-state index in [0.29, 0.717) is 12.2 Å². The van der Waals surface area contributed by atoms with Gasteiger partial charge >= 0.3 is 6.18 Å². The first kappa shape index (κ1) is 18.8. The minimum absolute atomic E-state index is 0.00475. The van der Waals surface area contributed by atoms with E-state index in [0.717, 1.165) is 44.6 Å². The van der Waals surface area contributed by atoms with Crippen LogP contribution >= 0.6 is 0 Å². The number of hydrogen-bond donors (Lipinski definition) is 1. The Bertz CT molecular complexity index is 544. The third kappa shape index (κ3) is 4.98. The summed E-state index contributed by atoms with van der Waals surface area (Å²) < 4.78 is 39.9. The van der Waals surface area contributed by atoms with E-state index in [1.165, 1.54) is 4.68 Å². The van der Waals surface area contributed by atoms with Gasteiger partial charge in [-0.25, -0.2) is 0 Å². The molecule has 4 nitrogen and oxygen atoms in total. The number of halogens is 3. The van der Waals surface area contributed by atoms with E-state index in [-0.39, 0.29) is 24.3 Å². The topological polar surface area (TPSA) is 46.9 Å². The van der Waals surface area contributed by atoms with Gasteiger partial charge in [0.1, 0.15) is 0 Å². The van der Waals surface area contributed by atoms with Crippen molar-refractivity contribution >= 4 is 5.91 Å². The first-order valence-corrected chi connectivity index (χ1v) is 8.79. The van der Waals surface area contributed by atoms with Crippen LogP contribution in [0.5, 0.6) is 0 Å². The summed E-state index contributed by atoms with van der Waals surface area (Å²) in [5.74, 6) is 0.165. The van der Waals surface area contributed by atoms with Crippen molar-refractivity contribution in [3.63, 3.8) is 0 Å². The number of nitrogens with zero attached hydrogens (tertiary/aromatic N) is 2. The molecule has 2 rings (SSSR count). The molecule has 0 aliphatic heterocycles. The quantitative estimate of drug-likeness (QED) is 0.732. The largest absolute Gasteiger partial charge is 0.435 e. The lowest BCUT2D eigenvalue weighted by Gasteiger charge is -2.15. The molecule has 0 saturated heterocycles. The summed E-state index contributed by atoms with van der Waals surface area (Å²) in [5.41, 5.74) is -0.208. The van der Waals surface area contributed by atoms with Gasteiger partial charge in [-0.1, -0.05) is 26.7 Å². The molecule has 1 amide bonds. The molecule has 1 N–H and O–H groups in total. The molecule has 1 saturated carbocycles. The lowest BCUT2D eigenvalue weighted by molar-refractivity contribution is -0.141. The SMILES string of the molecule is CCCC(CCC)C(=O)NCCn1nc(C(F)(F)F)cc1C1CC1. The van der Waals surface area contributed by atoms with Crippen molar-refractivity contribution < 1.29 is 18.0 Å². The van der Waals surface area contributed by atoms with Gasteiger partial charge in [0.05, 0.1) is 6.54 Å². The average Bonchev–Trinajstić information content (AvgIpc) is 3.26. The maximum absolute atomic E-state index is 12.8. The zero-order valence-electron chi connectivity index (χ0n) is 14.3. The van der Waals surface area contributed by atoms with E-state index in [9.17, 15) is 18.0 Å². The Morgan fingerprint density at radius 1 is 1.33 bits per heavy atom. The molecule has 136 valence electrons. The molecular weight excluding hydrogens is 319 g/mol. The molecule has 7 heteroatoms. The predicted molar refractivity (Wildman–Crippen MR) is 85.5 cm³/mol. The summed E-state index contributed by atoms with van der Waals surface area (Å²) in [7, 11) is 0. The molecule has 1 aliphatic rings. The van der Waals surface area contributed by atoms with Gasteiger partial charge in [-0.3, -0.25) is 9.48 Å². The number of carbonyl (C=O) groups is 1. The molecule has 1 aromatic heterocycles. The van der Waals surface area contributed by atoms with Crippen LogP contribution in [0.15, 0.2) is 6.07 Å². The number of carbonyl (C=O) groups excluding carboxylic acids is 1. The number of rotatable bonds is 9. The van der Waals surface area contributed by atoms with Crippen LogP contribution in [0.4, 0.5) is 13.2 Å². The van der Waals surface area contributed by atoms with Gasteiger partial charge in [-0.2, -0.15) is 18.3 Å². The Labute approximate surface area is 140 Å². The van der Waals surface area contributed by atoms with Crippen molar-refractivity contribution in [2.24, 2.45) is 5.92 Å². The standard InChI is InChI=1S/C17H26F3N3O/c1-3-5-13(6-4-2)16(24)21-9-10-23-14(12-7-8-12)11-15(22-23)17(18,19)20/h11-13H,3-10H2,1-2H3,(H,21,24). The van der Waals surface area contributed by atoms with Crippen LogP contribution in [0, 0.1) is 5.92 Å². The summed E-state index contributed by atoms with van der Waals surface area (Å²) in [5, 5.41) is 6.55. The maximum atomic E-state index is 12.8. The van der Waals surface area contributed by atoms with E-state index >= 15 is 0 Å². The Morgan fingerprint density at radius 2 is 1.96 bits per heavy atom. The zero-order valence-corrected chi connectivity index (χ0v) is 14.3. The number of nitrogens with one attached hydrogen (secondary N) is 1. The van der Waals surface area contributed by atoms with Crippen LogP contribution in [0.2, 0.25) is 0 Å². The van der Waals surface area contributed by atoms with Gasteiger partial charge < -0.3 is 5.32 Å². The molecule has 0 aromatic carbocycles. The van der Waals surface area contributed by atoms with E-state index in [2.05, 4.69) is 10.4 Å². The Kier molecular flexibility index (Phi) is 6.29. The van der Waals surface area contributed by atoms with Gasteiger partial charge in [0.25, 0.3) is 0 Å². The molecule has 0 atom stereocenters. The summed E-state index contributed by atoms with van der Waals surface area (Å²) in [6, 6.07) is 1.15. The Morgan fingerprint density at radius 3 is 2.46 bits per heavy atom. The molecule has 24 heavy (non-hydrogen) atoms. The molecule has 0 radical (unpaired) electrons. The van der Waals surface area contributed by atoms with Crippen LogP contribution < -0.4 is 5.32 Å². The lowest BCUT2D eigenvalue weighted by Crippen LogP contribution is -2.33. The first-order chi connectivity index (χ1) is 11.4. The highest BCUT2D eigenvalue weighted by atomic mass is 19.4. The summed E-state index contributed by atoms with van der Waals surface area (Å²) in [4.78, 5) is 12.2. The van der Waals surface area contributed by atoms with E-state index in [1.807, 2.05) is 13.8 Å². The van der Waals surface area contributed by atoms with Gasteiger partial charge in [0, 0.05) is 24.1 Å². The monoisotopic (exact) mass is 345 g/mol. The van der Waals surface area contributed by atoms with Crippen LogP contribution in [0.1, 0.15) is 69.7 Å². The fourth-order valence-corrected chi connectivity index (χ4v) is 2.99. The number of aromatic nitrogens is 2. The van der Waals surface area contributed by atoms with Crippen LogP contribution in [-0.2, 0) is 17.5 Å². The van der Waals surface area contributed by atoms with E-state index < -0.39 is 11.9 Å². The van der Waals surface area contributed by atoms with Crippen molar-refractivity contribution in [3.05, 3.63) is 17.5 Å². The van der Waals surface area contributed by atoms with E-state index in [4.69, 9.17) is 0 Å². The smallest absolute Gasteiger partial charge is 0.354 e. The molecule has 0 unspecified atom stereocenters. The average molecular weight is 345 g/mol. The highest BCUT2D eigenvalue weighted by Crippen LogP contribution is 2.42. The molecule has 0 spiro atoms. The predicted octanol–water partition coefficient (Wildman–Crippen LogP) is 4.11. The fraction of sp³-hybridized carbons (Fsp3) is 0.765. The highest BCUT2D eigenvalue weighted by molar-refractivity contribution is 5.78. The second-order valence-corrected chi connectivity index (χ2v) is 6.51. The van der Waals surface area contributed by atoms with E-state index in [1.54, 1.807) is 0 Å². The molecule has 0 bridgehead atoms. The number of hydrogen-bond acceptors (Lipinski definition) is 2. The van der Waals surface area contributed by atoms with Crippen molar-refractivity contribution in [3.8, 4) is 0 Å². The van der Waals surface area contributed by atoms with Crippen molar-refractivity contribution in [2.75, 3.05) is 6.54 Å². The molecule has 1 aromatic rings. The summed E-state index contributed by atoms with van der Waals surface area (Å²) >= 11 is 0. The third-order valence-corrected chi connectivity index (χ3v) is 4.37. The number of alkyl halides is 3. The van der Waals surface area contributed by atoms with Crippen LogP contribution in [-0.4, -0.2) is 22.2 Å². The van der Waals surface area contributed by atoms with Gasteiger partial charge in [-0.15, -0.1) is 0 Å². The van der Waals surface area contributed by atoms with Gasteiger partial charge in [-0.05, 0) is 31.7 Å². The highest BCUT2D eigenvalue weighted by Gasteiger charge is 2.37. The Hall–Kier alpha value is -1.53. The number of amides is 1. The molecule has 1 heterocycles. The normalized spacial score (nSPS) is 15.1. The minimum Gasteiger partial charge on any atom is -0.354 e. The van der Waals surface area contributed by atoms with Crippen LogP contribution in [0.3, 0.4) is 0 Å². The maximum Gasteiger partial charge on any atom is 0.435 e. The molecule has 1 aliphatic carbocycles. The molecule has 1 fully saturated rings. The first-order valence-electron chi connectivity index (χ1n) is 8.79. The van der Waals surface area contributed by atoms with Gasteiger partial charge in [0.15, 0.2) is 5.69 Å².